The van der Waals surface area contributed by atoms with Crippen molar-refractivity contribution in [2.75, 3.05) is 52.6 Å². The molecule has 0 atom stereocenters. The largest absolute Gasteiger partial charge is 0.419 e. The molecule has 1 aromatic carbocycles. The lowest BCUT2D eigenvalue weighted by molar-refractivity contribution is -0.139. The first-order valence-corrected chi connectivity index (χ1v) is 8.85. The van der Waals surface area contributed by atoms with Crippen molar-refractivity contribution in [2.45, 2.75) is 25.1 Å². The van der Waals surface area contributed by atoms with Crippen LogP contribution in [0, 0.1) is 5.82 Å². The molecule has 5 nitrogen and oxygen atoms in total. The molecule has 0 bridgehead atoms. The fourth-order valence-corrected chi connectivity index (χ4v) is 3.07. The smallest absolute Gasteiger partial charge is 0.326 e. The molecule has 1 N–H and O–H groups in total. The normalized spacial score (nSPS) is 16.6. The zero-order valence-corrected chi connectivity index (χ0v) is 15.8. The van der Waals surface area contributed by atoms with E-state index in [1.165, 1.54) is 4.90 Å². The van der Waals surface area contributed by atoms with Gasteiger partial charge in [-0.2, -0.15) is 13.2 Å². The molecule has 0 saturated carbocycles. The first-order chi connectivity index (χ1) is 12.6. The Morgan fingerprint density at radius 1 is 1.22 bits per heavy atom. The molecular weight excluding hydrogens is 364 g/mol. The summed E-state index contributed by atoms with van der Waals surface area (Å²) in [7, 11) is 5.68. The number of carbonyl (C=O) groups is 1. The molecule has 27 heavy (non-hydrogen) atoms. The highest BCUT2D eigenvalue weighted by Crippen LogP contribution is 2.33. The van der Waals surface area contributed by atoms with Gasteiger partial charge in [0.2, 0.25) is 0 Å². The minimum absolute atomic E-state index is 0.0933. The van der Waals surface area contributed by atoms with E-state index in [4.69, 9.17) is 0 Å². The summed E-state index contributed by atoms with van der Waals surface area (Å²) in [5, 5.41) is 2.39. The van der Waals surface area contributed by atoms with Crippen LogP contribution in [0.2, 0.25) is 0 Å². The first kappa shape index (κ1) is 21.4. The number of amides is 2. The third kappa shape index (κ3) is 6.07. The summed E-state index contributed by atoms with van der Waals surface area (Å²) in [5.74, 6) is -1.37. The maximum atomic E-state index is 13.3. The van der Waals surface area contributed by atoms with Crippen molar-refractivity contribution in [3.05, 3.63) is 29.6 Å². The molecule has 1 heterocycles. The molecule has 152 valence electrons. The highest BCUT2D eigenvalue weighted by Gasteiger charge is 2.34. The van der Waals surface area contributed by atoms with Gasteiger partial charge in [0.05, 0.1) is 5.56 Å². The lowest BCUT2D eigenvalue weighted by Crippen LogP contribution is -2.45. The number of alkyl halides is 3. The number of nitrogens with zero attached hydrogens (tertiary/aromatic N) is 3. The van der Waals surface area contributed by atoms with E-state index in [9.17, 15) is 22.4 Å². The van der Waals surface area contributed by atoms with Crippen molar-refractivity contribution < 1.29 is 22.4 Å². The molecule has 1 aliphatic heterocycles. The first-order valence-electron chi connectivity index (χ1n) is 8.85. The van der Waals surface area contributed by atoms with Crippen molar-refractivity contribution in [3.8, 4) is 0 Å². The van der Waals surface area contributed by atoms with Gasteiger partial charge in [0.25, 0.3) is 0 Å². The van der Waals surface area contributed by atoms with Crippen molar-refractivity contribution in [1.29, 1.82) is 0 Å². The van der Waals surface area contributed by atoms with Crippen LogP contribution >= 0.6 is 0 Å². The highest BCUT2D eigenvalue weighted by molar-refractivity contribution is 5.89. The lowest BCUT2D eigenvalue weighted by Gasteiger charge is -2.35. The third-order valence-electron chi connectivity index (χ3n) is 4.97. The zero-order valence-electron chi connectivity index (χ0n) is 15.8. The van der Waals surface area contributed by atoms with Gasteiger partial charge < -0.3 is 20.0 Å². The topological polar surface area (TPSA) is 38.8 Å². The Labute approximate surface area is 156 Å². The highest BCUT2D eigenvalue weighted by atomic mass is 19.4. The van der Waals surface area contributed by atoms with Gasteiger partial charge in [-0.15, -0.1) is 0 Å². The number of nitrogens with one attached hydrogen (secondary N) is 1. The summed E-state index contributed by atoms with van der Waals surface area (Å²) in [6.45, 7) is 3.17. The van der Waals surface area contributed by atoms with Gasteiger partial charge in [0.1, 0.15) is 5.82 Å². The van der Waals surface area contributed by atoms with Crippen LogP contribution < -0.4 is 5.32 Å². The molecule has 9 heteroatoms. The van der Waals surface area contributed by atoms with Crippen LogP contribution in [0.1, 0.15) is 18.4 Å². The van der Waals surface area contributed by atoms with E-state index in [0.29, 0.717) is 31.3 Å². The number of halogens is 4. The zero-order chi connectivity index (χ0) is 20.2. The second kappa shape index (κ2) is 8.88. The minimum Gasteiger partial charge on any atom is -0.326 e. The Balaban J connectivity index is 1.87. The Morgan fingerprint density at radius 3 is 2.44 bits per heavy atom. The molecule has 1 saturated heterocycles. The Hall–Kier alpha value is -1.87. The van der Waals surface area contributed by atoms with E-state index < -0.39 is 23.6 Å². The molecule has 0 radical (unpaired) electrons. The molecule has 0 spiro atoms. The average Bonchev–Trinajstić information content (AvgIpc) is 2.60. The third-order valence-corrected chi connectivity index (χ3v) is 4.97. The van der Waals surface area contributed by atoms with E-state index in [2.05, 4.69) is 22.2 Å². The summed E-state index contributed by atoms with van der Waals surface area (Å²) in [6.07, 6.45) is -2.68. The van der Waals surface area contributed by atoms with Crippen LogP contribution in [0.15, 0.2) is 18.2 Å². The number of hydrogen-bond acceptors (Lipinski definition) is 3. The number of rotatable bonds is 5. The maximum absolute atomic E-state index is 13.3. The molecule has 0 aromatic heterocycles. The van der Waals surface area contributed by atoms with E-state index in [1.54, 1.807) is 7.05 Å². The second-order valence-electron chi connectivity index (χ2n) is 7.06. The number of likely N-dealkylation sites (N-methyl/N-ethyl adjacent to an activating group) is 2. The maximum Gasteiger partial charge on any atom is 0.419 e. The fraction of sp³-hybridized carbons (Fsp3) is 0.611. The van der Waals surface area contributed by atoms with Gasteiger partial charge in [-0.05, 0) is 58.2 Å². The lowest BCUT2D eigenvalue weighted by atomic mass is 10.0. The van der Waals surface area contributed by atoms with Gasteiger partial charge >= 0.3 is 12.2 Å². The van der Waals surface area contributed by atoms with Gasteiger partial charge in [-0.25, -0.2) is 9.18 Å². The molecule has 2 amide bonds. The van der Waals surface area contributed by atoms with Gasteiger partial charge in [-0.3, -0.25) is 0 Å². The quantitative estimate of drug-likeness (QED) is 0.784. The van der Waals surface area contributed by atoms with Crippen molar-refractivity contribution in [1.82, 2.24) is 14.7 Å². The van der Waals surface area contributed by atoms with Crippen LogP contribution in [-0.4, -0.2) is 74.1 Å². The molecule has 1 aromatic rings. The van der Waals surface area contributed by atoms with Crippen molar-refractivity contribution in [2.24, 2.45) is 0 Å². The SMILES string of the molecule is CN1CCC(N(C)CCN(C)C(=O)Nc2ccc(F)c(C(F)(F)F)c2)CC1. The average molecular weight is 390 g/mol. The summed E-state index contributed by atoms with van der Waals surface area (Å²) in [4.78, 5) is 18.1. The van der Waals surface area contributed by atoms with Gasteiger partial charge in [0.15, 0.2) is 0 Å². The molecule has 1 aliphatic rings. The number of carbonyl (C=O) groups excluding carboxylic acids is 1. The van der Waals surface area contributed by atoms with Crippen LogP contribution in [0.3, 0.4) is 0 Å². The molecule has 0 aliphatic carbocycles. The van der Waals surface area contributed by atoms with Crippen LogP contribution in [0.5, 0.6) is 0 Å². The Kier molecular flexibility index (Phi) is 7.05. The van der Waals surface area contributed by atoms with Crippen LogP contribution in [-0.2, 0) is 6.18 Å². The number of piperidine rings is 1. The number of likely N-dealkylation sites (tertiary alicyclic amines) is 1. The Morgan fingerprint density at radius 2 is 1.85 bits per heavy atom. The van der Waals surface area contributed by atoms with Gasteiger partial charge in [-0.1, -0.05) is 0 Å². The summed E-state index contributed by atoms with van der Waals surface area (Å²) in [5.41, 5.74) is -1.49. The number of anilines is 1. The molecule has 0 unspecified atom stereocenters. The Bertz CT molecular complexity index is 645. The van der Waals surface area contributed by atoms with Crippen LogP contribution in [0.25, 0.3) is 0 Å². The fourth-order valence-electron chi connectivity index (χ4n) is 3.07. The standard InChI is InChI=1S/C18H26F4N4O/c1-24-8-6-14(7-9-24)25(2)10-11-26(3)17(27)23-13-4-5-16(19)15(12-13)18(20,21)22/h4-5,12,14H,6-11H2,1-3H3,(H,23,27). The number of hydrogen-bond donors (Lipinski definition) is 1. The number of benzene rings is 1. The number of urea groups is 1. The van der Waals surface area contributed by atoms with E-state index in [-0.39, 0.29) is 5.69 Å². The van der Waals surface area contributed by atoms with Crippen molar-refractivity contribution >= 4 is 11.7 Å². The van der Waals surface area contributed by atoms with Crippen molar-refractivity contribution in [3.63, 3.8) is 0 Å². The molecule has 2 rings (SSSR count). The predicted molar refractivity (Wildman–Crippen MR) is 96.2 cm³/mol. The van der Waals surface area contributed by atoms with E-state index in [1.807, 2.05) is 7.05 Å². The van der Waals surface area contributed by atoms with E-state index >= 15 is 0 Å². The monoisotopic (exact) mass is 390 g/mol. The summed E-state index contributed by atoms with van der Waals surface area (Å²) >= 11 is 0. The van der Waals surface area contributed by atoms with Gasteiger partial charge in [0, 0.05) is 31.9 Å². The molecular formula is C18H26F4N4O. The van der Waals surface area contributed by atoms with Crippen LogP contribution in [0.4, 0.5) is 28.0 Å². The predicted octanol–water partition coefficient (Wildman–Crippen LogP) is 3.33. The van der Waals surface area contributed by atoms with E-state index in [0.717, 1.165) is 32.0 Å². The second-order valence-corrected chi connectivity index (χ2v) is 7.06. The summed E-state index contributed by atoms with van der Waals surface area (Å²) in [6, 6.07) is 2.34. The minimum atomic E-state index is -4.81. The summed E-state index contributed by atoms with van der Waals surface area (Å²) < 4.78 is 51.6. The molecule has 1 fully saturated rings.